The van der Waals surface area contributed by atoms with Crippen molar-refractivity contribution in [1.29, 1.82) is 0 Å². The zero-order chi connectivity index (χ0) is 15.5. The molecular formula is C16H25NO4. The summed E-state index contributed by atoms with van der Waals surface area (Å²) in [5.74, 6) is -0.334. The molecule has 1 saturated carbocycles. The van der Waals surface area contributed by atoms with Crippen LogP contribution in [-0.4, -0.2) is 35.0 Å². The van der Waals surface area contributed by atoms with E-state index in [-0.39, 0.29) is 24.4 Å². The number of carbonyl (C=O) groups excluding carboxylic acids is 2. The summed E-state index contributed by atoms with van der Waals surface area (Å²) in [5.41, 5.74) is -0.524. The first kappa shape index (κ1) is 15.9. The Morgan fingerprint density at radius 3 is 2.57 bits per heavy atom. The summed E-state index contributed by atoms with van der Waals surface area (Å²) in [7, 11) is 0. The number of cyclic esters (lactones) is 1. The molecule has 0 unspecified atom stereocenters. The van der Waals surface area contributed by atoms with Crippen LogP contribution >= 0.6 is 0 Å². The quantitative estimate of drug-likeness (QED) is 0.749. The Kier molecular flexibility index (Phi) is 4.91. The highest BCUT2D eigenvalue weighted by atomic mass is 16.6. The first-order chi connectivity index (χ1) is 9.87. The Morgan fingerprint density at radius 2 is 2.00 bits per heavy atom. The molecule has 0 aromatic heterocycles. The van der Waals surface area contributed by atoms with Gasteiger partial charge in [0, 0.05) is 6.20 Å². The second-order valence-corrected chi connectivity index (χ2v) is 6.82. The van der Waals surface area contributed by atoms with E-state index in [0.29, 0.717) is 0 Å². The highest BCUT2D eigenvalue weighted by molar-refractivity contribution is 5.79. The van der Waals surface area contributed by atoms with Gasteiger partial charge in [-0.1, -0.05) is 19.3 Å². The molecule has 0 aromatic carbocycles. The van der Waals surface area contributed by atoms with Gasteiger partial charge in [-0.25, -0.2) is 9.59 Å². The van der Waals surface area contributed by atoms with E-state index in [4.69, 9.17) is 9.47 Å². The Bertz CT molecular complexity index is 418. The fourth-order valence-corrected chi connectivity index (χ4v) is 3.03. The number of nitrogens with zero attached hydrogens (tertiary/aromatic N) is 1. The Labute approximate surface area is 126 Å². The summed E-state index contributed by atoms with van der Waals surface area (Å²) in [4.78, 5) is 25.9. The van der Waals surface area contributed by atoms with Crippen LogP contribution in [0.25, 0.3) is 0 Å². The number of hydrogen-bond acceptors (Lipinski definition) is 5. The van der Waals surface area contributed by atoms with Gasteiger partial charge >= 0.3 is 11.9 Å². The monoisotopic (exact) mass is 295 g/mol. The van der Waals surface area contributed by atoms with Gasteiger partial charge in [-0.3, -0.25) is 0 Å². The molecule has 0 saturated heterocycles. The van der Waals surface area contributed by atoms with Crippen LogP contribution in [0.15, 0.2) is 12.5 Å². The van der Waals surface area contributed by atoms with Crippen molar-refractivity contribution in [1.82, 2.24) is 4.90 Å². The molecule has 5 heteroatoms. The van der Waals surface area contributed by atoms with Crippen LogP contribution in [-0.2, 0) is 19.1 Å². The van der Waals surface area contributed by atoms with Crippen molar-refractivity contribution in [3.63, 3.8) is 0 Å². The SMILES string of the molecule is CC(C)(C)OC(=O)[C@H](C1CCCCC1)N1C=COC(=O)C1. The molecule has 2 rings (SSSR count). The molecule has 5 nitrogen and oxygen atoms in total. The minimum absolute atomic E-state index is 0.108. The second kappa shape index (κ2) is 6.50. The molecule has 1 fully saturated rings. The van der Waals surface area contributed by atoms with E-state index in [0.717, 1.165) is 25.7 Å². The van der Waals surface area contributed by atoms with Crippen molar-refractivity contribution < 1.29 is 19.1 Å². The van der Waals surface area contributed by atoms with Crippen molar-refractivity contribution in [2.75, 3.05) is 6.54 Å². The average molecular weight is 295 g/mol. The number of esters is 2. The lowest BCUT2D eigenvalue weighted by atomic mass is 9.83. The highest BCUT2D eigenvalue weighted by Crippen LogP contribution is 2.31. The van der Waals surface area contributed by atoms with Gasteiger partial charge in [0.25, 0.3) is 0 Å². The minimum atomic E-state index is -0.524. The third-order valence-corrected chi connectivity index (χ3v) is 3.87. The largest absolute Gasteiger partial charge is 0.458 e. The minimum Gasteiger partial charge on any atom is -0.458 e. The third-order valence-electron chi connectivity index (χ3n) is 3.87. The molecule has 1 aliphatic carbocycles. The lowest BCUT2D eigenvalue weighted by Gasteiger charge is -2.38. The molecular weight excluding hydrogens is 270 g/mol. The van der Waals surface area contributed by atoms with Crippen LogP contribution in [0.2, 0.25) is 0 Å². The predicted molar refractivity (Wildman–Crippen MR) is 78.1 cm³/mol. The van der Waals surface area contributed by atoms with Crippen LogP contribution in [0, 0.1) is 5.92 Å². The van der Waals surface area contributed by atoms with Crippen LogP contribution in [0.3, 0.4) is 0 Å². The van der Waals surface area contributed by atoms with Crippen LogP contribution < -0.4 is 0 Å². The maximum Gasteiger partial charge on any atom is 0.330 e. The Morgan fingerprint density at radius 1 is 1.33 bits per heavy atom. The summed E-state index contributed by atoms with van der Waals surface area (Å²) in [6.45, 7) is 5.70. The average Bonchev–Trinajstić information content (AvgIpc) is 2.38. The van der Waals surface area contributed by atoms with Gasteiger partial charge in [0.05, 0.1) is 0 Å². The molecule has 1 heterocycles. The molecule has 118 valence electrons. The van der Waals surface area contributed by atoms with E-state index >= 15 is 0 Å². The first-order valence-electron chi connectivity index (χ1n) is 7.71. The summed E-state index contributed by atoms with van der Waals surface area (Å²) < 4.78 is 10.4. The molecule has 0 bridgehead atoms. The maximum atomic E-state index is 12.6. The maximum absolute atomic E-state index is 12.6. The summed E-state index contributed by atoms with van der Waals surface area (Å²) in [6.07, 6.45) is 8.52. The van der Waals surface area contributed by atoms with Gasteiger partial charge in [0.2, 0.25) is 0 Å². The molecule has 1 aliphatic heterocycles. The molecule has 2 aliphatic rings. The molecule has 0 N–H and O–H groups in total. The van der Waals surface area contributed by atoms with E-state index in [1.807, 2.05) is 20.8 Å². The molecule has 0 spiro atoms. The molecule has 0 amide bonds. The lowest BCUT2D eigenvalue weighted by Crippen LogP contribution is -2.49. The van der Waals surface area contributed by atoms with Crippen LogP contribution in [0.1, 0.15) is 52.9 Å². The number of rotatable bonds is 3. The molecule has 0 aromatic rings. The van der Waals surface area contributed by atoms with E-state index in [9.17, 15) is 9.59 Å². The van der Waals surface area contributed by atoms with Crippen LogP contribution in [0.4, 0.5) is 0 Å². The normalized spacial score (nSPS) is 21.9. The van der Waals surface area contributed by atoms with E-state index in [2.05, 4.69) is 0 Å². The predicted octanol–water partition coefficient (Wildman–Crippen LogP) is 2.61. The lowest BCUT2D eigenvalue weighted by molar-refractivity contribution is -0.164. The summed E-state index contributed by atoms with van der Waals surface area (Å²) in [5, 5.41) is 0. The Balaban J connectivity index is 2.16. The van der Waals surface area contributed by atoms with E-state index < -0.39 is 11.6 Å². The van der Waals surface area contributed by atoms with Gasteiger partial charge in [-0.05, 0) is 39.5 Å². The van der Waals surface area contributed by atoms with Crippen molar-refractivity contribution >= 4 is 11.9 Å². The van der Waals surface area contributed by atoms with E-state index in [1.165, 1.54) is 12.7 Å². The fourth-order valence-electron chi connectivity index (χ4n) is 3.03. The second-order valence-electron chi connectivity index (χ2n) is 6.82. The molecule has 1 atom stereocenters. The van der Waals surface area contributed by atoms with Gasteiger partial charge in [0.1, 0.15) is 24.4 Å². The van der Waals surface area contributed by atoms with Crippen LogP contribution in [0.5, 0.6) is 0 Å². The zero-order valence-corrected chi connectivity index (χ0v) is 13.1. The number of carbonyl (C=O) groups is 2. The third kappa shape index (κ3) is 4.48. The van der Waals surface area contributed by atoms with Crippen molar-refractivity contribution in [3.8, 4) is 0 Å². The van der Waals surface area contributed by atoms with Gasteiger partial charge in [0.15, 0.2) is 0 Å². The highest BCUT2D eigenvalue weighted by Gasteiger charge is 2.38. The molecule has 21 heavy (non-hydrogen) atoms. The van der Waals surface area contributed by atoms with Crippen molar-refractivity contribution in [2.24, 2.45) is 5.92 Å². The number of ether oxygens (including phenoxy) is 2. The molecule has 0 radical (unpaired) electrons. The van der Waals surface area contributed by atoms with Gasteiger partial charge in [-0.15, -0.1) is 0 Å². The van der Waals surface area contributed by atoms with Gasteiger partial charge in [-0.2, -0.15) is 0 Å². The first-order valence-corrected chi connectivity index (χ1v) is 7.71. The summed E-state index contributed by atoms with van der Waals surface area (Å²) in [6, 6.07) is -0.395. The summed E-state index contributed by atoms with van der Waals surface area (Å²) >= 11 is 0. The topological polar surface area (TPSA) is 55.8 Å². The smallest absolute Gasteiger partial charge is 0.330 e. The van der Waals surface area contributed by atoms with Crippen molar-refractivity contribution in [2.45, 2.75) is 64.5 Å². The Hall–Kier alpha value is -1.52. The number of hydrogen-bond donors (Lipinski definition) is 0. The van der Waals surface area contributed by atoms with Crippen molar-refractivity contribution in [3.05, 3.63) is 12.5 Å². The standard InChI is InChI=1S/C16H25NO4/c1-16(2,3)21-15(19)14(12-7-5-4-6-8-12)17-9-10-20-13(18)11-17/h9-10,12,14H,4-8,11H2,1-3H3/t14-/m0/s1. The fraction of sp³-hybridized carbons (Fsp3) is 0.750. The van der Waals surface area contributed by atoms with E-state index in [1.54, 1.807) is 11.1 Å². The van der Waals surface area contributed by atoms with Gasteiger partial charge < -0.3 is 14.4 Å². The zero-order valence-electron chi connectivity index (χ0n) is 13.1.